The molecule has 5 nitrogen and oxygen atoms in total. The van der Waals surface area contributed by atoms with Gasteiger partial charge >= 0.3 is 12.3 Å². The summed E-state index contributed by atoms with van der Waals surface area (Å²) < 4.78 is 39.7. The normalized spacial score (nSPS) is 11.3. The number of halogens is 4. The smallest absolute Gasteiger partial charge is 0.503 e. The second-order valence-corrected chi connectivity index (χ2v) is 3.43. The topological polar surface area (TPSA) is 79.7 Å². The van der Waals surface area contributed by atoms with Gasteiger partial charge in [0.15, 0.2) is 11.5 Å². The van der Waals surface area contributed by atoms with Crippen molar-refractivity contribution in [1.29, 1.82) is 0 Å². The van der Waals surface area contributed by atoms with E-state index in [2.05, 4.69) is 9.72 Å². The number of alkyl halides is 4. The number of pyridine rings is 1. The van der Waals surface area contributed by atoms with Gasteiger partial charge in [0.1, 0.15) is 5.69 Å². The molecule has 0 fully saturated rings. The van der Waals surface area contributed by atoms with E-state index in [1.165, 1.54) is 0 Å². The summed E-state index contributed by atoms with van der Waals surface area (Å²) in [5.41, 5.74) is -0.482. The summed E-state index contributed by atoms with van der Waals surface area (Å²) in [5, 5.41) is 17.9. The largest absolute Gasteiger partial charge is 0.573 e. The molecule has 0 aliphatic rings. The van der Waals surface area contributed by atoms with Crippen molar-refractivity contribution >= 4 is 17.6 Å². The Hall–Kier alpha value is -1.70. The van der Waals surface area contributed by atoms with Crippen molar-refractivity contribution in [3.8, 4) is 11.5 Å². The number of carboxylic acids is 1. The predicted octanol–water partition coefficient (Wildman–Crippen LogP) is 2.05. The maximum atomic E-state index is 12.0. The first-order chi connectivity index (χ1) is 8.23. The summed E-state index contributed by atoms with van der Waals surface area (Å²) in [5.74, 6) is -3.46. The van der Waals surface area contributed by atoms with Crippen LogP contribution in [0.5, 0.6) is 11.5 Å². The molecule has 0 atom stereocenters. The minimum atomic E-state index is -5.01. The maximum absolute atomic E-state index is 12.0. The Bertz CT molecular complexity index is 464. The lowest BCUT2D eigenvalue weighted by atomic mass is 10.2. The second kappa shape index (κ2) is 5.30. The number of hydrogen-bond acceptors (Lipinski definition) is 4. The van der Waals surface area contributed by atoms with Crippen LogP contribution in [0.2, 0.25) is 0 Å². The lowest BCUT2D eigenvalue weighted by Gasteiger charge is -2.13. The lowest BCUT2D eigenvalue weighted by molar-refractivity contribution is -0.275. The third-order valence-electron chi connectivity index (χ3n) is 1.77. The summed E-state index contributed by atoms with van der Waals surface area (Å²) in [6.07, 6.45) is -5.62. The van der Waals surface area contributed by atoms with Gasteiger partial charge in [0.2, 0.25) is 0 Å². The van der Waals surface area contributed by atoms with Gasteiger partial charge in [-0.05, 0) is 0 Å². The van der Waals surface area contributed by atoms with Crippen LogP contribution in [-0.4, -0.2) is 27.5 Å². The zero-order valence-corrected chi connectivity index (χ0v) is 9.42. The van der Waals surface area contributed by atoms with Crippen LogP contribution in [0.15, 0.2) is 6.07 Å². The zero-order valence-electron chi connectivity index (χ0n) is 8.66. The molecule has 0 aromatic carbocycles. The molecule has 100 valence electrons. The van der Waals surface area contributed by atoms with Crippen molar-refractivity contribution in [2.24, 2.45) is 0 Å². The fraction of sp³-hybridized carbons (Fsp3) is 0.333. The molecule has 0 saturated carbocycles. The molecule has 0 radical (unpaired) electrons. The SMILES string of the molecule is O=C(O)Cc1cc(OC(F)(F)F)c(O)c(CCl)n1. The molecule has 0 spiro atoms. The molecule has 18 heavy (non-hydrogen) atoms. The molecule has 1 rings (SSSR count). The van der Waals surface area contributed by atoms with Crippen LogP contribution < -0.4 is 4.74 Å². The third kappa shape index (κ3) is 3.95. The van der Waals surface area contributed by atoms with Crippen LogP contribution in [0.3, 0.4) is 0 Å². The standard InChI is InChI=1S/C9H7ClF3NO4/c10-3-5-8(17)6(18-9(11,12)13)1-4(14-5)2-7(15)16/h1,17H,2-3H2,(H,15,16). The molecule has 1 aromatic heterocycles. The number of nitrogens with zero attached hydrogens (tertiary/aromatic N) is 1. The maximum Gasteiger partial charge on any atom is 0.573 e. The Kier molecular flexibility index (Phi) is 4.23. The number of aromatic nitrogens is 1. The van der Waals surface area contributed by atoms with Gasteiger partial charge in [-0.2, -0.15) is 0 Å². The highest BCUT2D eigenvalue weighted by atomic mass is 35.5. The fourth-order valence-corrected chi connectivity index (χ4v) is 1.35. The molecule has 0 amide bonds. The van der Waals surface area contributed by atoms with Crippen molar-refractivity contribution in [2.45, 2.75) is 18.7 Å². The van der Waals surface area contributed by atoms with E-state index in [9.17, 15) is 23.1 Å². The molecule has 0 bridgehead atoms. The van der Waals surface area contributed by atoms with Crippen LogP contribution in [0.1, 0.15) is 11.4 Å². The Morgan fingerprint density at radius 1 is 1.50 bits per heavy atom. The van der Waals surface area contributed by atoms with Crippen LogP contribution in [0.25, 0.3) is 0 Å². The van der Waals surface area contributed by atoms with E-state index in [0.717, 1.165) is 0 Å². The van der Waals surface area contributed by atoms with Crippen LogP contribution in [0.4, 0.5) is 13.2 Å². The van der Waals surface area contributed by atoms with Crippen molar-refractivity contribution < 1.29 is 32.9 Å². The van der Waals surface area contributed by atoms with E-state index in [4.69, 9.17) is 16.7 Å². The Labute approximate surface area is 104 Å². The molecular weight excluding hydrogens is 279 g/mol. The second-order valence-electron chi connectivity index (χ2n) is 3.16. The van der Waals surface area contributed by atoms with Crippen molar-refractivity contribution in [1.82, 2.24) is 4.98 Å². The summed E-state index contributed by atoms with van der Waals surface area (Å²) >= 11 is 5.38. The summed E-state index contributed by atoms with van der Waals surface area (Å²) in [4.78, 5) is 14.1. The van der Waals surface area contributed by atoms with Crippen molar-refractivity contribution in [3.63, 3.8) is 0 Å². The molecular formula is C9H7ClF3NO4. The van der Waals surface area contributed by atoms with Gasteiger partial charge in [0.25, 0.3) is 0 Å². The van der Waals surface area contributed by atoms with E-state index >= 15 is 0 Å². The zero-order chi connectivity index (χ0) is 13.9. The van der Waals surface area contributed by atoms with Gasteiger partial charge < -0.3 is 14.9 Å². The number of hydrogen-bond donors (Lipinski definition) is 2. The fourth-order valence-electron chi connectivity index (χ4n) is 1.16. The van der Waals surface area contributed by atoms with Gasteiger partial charge in [-0.1, -0.05) is 0 Å². The van der Waals surface area contributed by atoms with Gasteiger partial charge in [-0.15, -0.1) is 24.8 Å². The first kappa shape index (κ1) is 14.4. The molecule has 1 aromatic rings. The molecule has 0 unspecified atom stereocenters. The first-order valence-electron chi connectivity index (χ1n) is 4.48. The minimum Gasteiger partial charge on any atom is -0.503 e. The van der Waals surface area contributed by atoms with E-state index < -0.39 is 30.3 Å². The third-order valence-corrected chi connectivity index (χ3v) is 2.02. The molecule has 0 saturated heterocycles. The van der Waals surface area contributed by atoms with Gasteiger partial charge in [-0.3, -0.25) is 9.78 Å². The van der Waals surface area contributed by atoms with Crippen molar-refractivity contribution in [2.75, 3.05) is 0 Å². The number of ether oxygens (including phenoxy) is 1. The first-order valence-corrected chi connectivity index (χ1v) is 5.01. The number of carbonyl (C=O) groups is 1. The summed E-state index contributed by atoms with van der Waals surface area (Å²) in [6.45, 7) is 0. The van der Waals surface area contributed by atoms with Crippen molar-refractivity contribution in [3.05, 3.63) is 17.5 Å². The number of aliphatic carboxylic acids is 1. The average Bonchev–Trinajstić information content (AvgIpc) is 2.19. The van der Waals surface area contributed by atoms with Gasteiger partial charge in [0.05, 0.1) is 18.0 Å². The Morgan fingerprint density at radius 3 is 2.56 bits per heavy atom. The lowest BCUT2D eigenvalue weighted by Crippen LogP contribution is -2.18. The van der Waals surface area contributed by atoms with Crippen LogP contribution in [0, 0.1) is 0 Å². The monoisotopic (exact) mass is 285 g/mol. The molecule has 0 aliphatic heterocycles. The van der Waals surface area contributed by atoms with E-state index in [0.29, 0.717) is 6.07 Å². The van der Waals surface area contributed by atoms with Crippen LogP contribution >= 0.6 is 11.6 Å². The molecule has 1 heterocycles. The molecule has 0 aliphatic carbocycles. The Morgan fingerprint density at radius 2 is 2.11 bits per heavy atom. The summed E-state index contributed by atoms with van der Waals surface area (Å²) in [7, 11) is 0. The number of aromatic hydroxyl groups is 1. The highest BCUT2D eigenvalue weighted by Gasteiger charge is 2.33. The number of carboxylic acid groups (broad SMARTS) is 1. The number of rotatable bonds is 4. The molecule has 9 heteroatoms. The molecule has 2 N–H and O–H groups in total. The van der Waals surface area contributed by atoms with E-state index in [1.54, 1.807) is 0 Å². The summed E-state index contributed by atoms with van der Waals surface area (Å²) in [6, 6.07) is 0.701. The van der Waals surface area contributed by atoms with E-state index in [-0.39, 0.29) is 17.3 Å². The highest BCUT2D eigenvalue weighted by molar-refractivity contribution is 6.17. The predicted molar refractivity (Wildman–Crippen MR) is 53.5 cm³/mol. The van der Waals surface area contributed by atoms with Gasteiger partial charge in [0, 0.05) is 6.07 Å². The van der Waals surface area contributed by atoms with E-state index in [1.807, 2.05) is 0 Å². The van der Waals surface area contributed by atoms with Gasteiger partial charge in [-0.25, -0.2) is 0 Å². The Balaban J connectivity index is 3.18. The highest BCUT2D eigenvalue weighted by Crippen LogP contribution is 2.34. The minimum absolute atomic E-state index is 0.199. The van der Waals surface area contributed by atoms with Crippen LogP contribution in [-0.2, 0) is 17.1 Å². The quantitative estimate of drug-likeness (QED) is 0.828. The average molecular weight is 286 g/mol.